The van der Waals surface area contributed by atoms with Crippen LogP contribution in [-0.4, -0.2) is 31.6 Å². The summed E-state index contributed by atoms with van der Waals surface area (Å²) >= 11 is 0.787. The van der Waals surface area contributed by atoms with Crippen molar-refractivity contribution in [3.05, 3.63) is 29.8 Å². The standard InChI is InChI=1S/C13H16N4O4S2/c1-8(10-4-6-11(21-3)7-5-10)17-23(19,20)13-16-15-12(22-13)14-9(2)18/h4-8,17H,1-3H3,(H,14,15,18)/t8-/m1/s1. The largest absolute Gasteiger partial charge is 0.497 e. The van der Waals surface area contributed by atoms with Crippen LogP contribution in [0.2, 0.25) is 0 Å². The van der Waals surface area contributed by atoms with Gasteiger partial charge in [-0.25, -0.2) is 13.1 Å². The molecular weight excluding hydrogens is 340 g/mol. The fourth-order valence-corrected chi connectivity index (χ4v) is 3.96. The molecule has 0 fully saturated rings. The lowest BCUT2D eigenvalue weighted by Gasteiger charge is -2.13. The van der Waals surface area contributed by atoms with E-state index in [1.807, 2.05) is 0 Å². The predicted octanol–water partition coefficient (Wildman–Crippen LogP) is 1.54. The maximum atomic E-state index is 12.3. The third kappa shape index (κ3) is 4.47. The smallest absolute Gasteiger partial charge is 0.270 e. The fourth-order valence-electron chi connectivity index (χ4n) is 1.76. The molecule has 0 radical (unpaired) electrons. The third-order valence-corrected chi connectivity index (χ3v) is 5.61. The summed E-state index contributed by atoms with van der Waals surface area (Å²) in [6.07, 6.45) is 0. The van der Waals surface area contributed by atoms with Crippen LogP contribution in [0.25, 0.3) is 0 Å². The van der Waals surface area contributed by atoms with Gasteiger partial charge in [-0.1, -0.05) is 23.5 Å². The van der Waals surface area contributed by atoms with Gasteiger partial charge in [-0.05, 0) is 24.6 Å². The molecule has 1 amide bonds. The minimum atomic E-state index is -3.83. The second-order valence-electron chi connectivity index (χ2n) is 4.67. The van der Waals surface area contributed by atoms with Crippen molar-refractivity contribution < 1.29 is 17.9 Å². The summed E-state index contributed by atoms with van der Waals surface area (Å²) in [5.41, 5.74) is 0.779. The summed E-state index contributed by atoms with van der Waals surface area (Å²) < 4.78 is 32.0. The lowest BCUT2D eigenvalue weighted by molar-refractivity contribution is -0.114. The number of nitrogens with zero attached hydrogens (tertiary/aromatic N) is 2. The zero-order chi connectivity index (χ0) is 17.0. The first kappa shape index (κ1) is 17.3. The highest BCUT2D eigenvalue weighted by molar-refractivity contribution is 7.91. The van der Waals surface area contributed by atoms with Crippen molar-refractivity contribution in [2.24, 2.45) is 0 Å². The Morgan fingerprint density at radius 1 is 1.26 bits per heavy atom. The quantitative estimate of drug-likeness (QED) is 0.760. The van der Waals surface area contributed by atoms with E-state index in [-0.39, 0.29) is 15.4 Å². The molecule has 1 aromatic carbocycles. The highest BCUT2D eigenvalue weighted by atomic mass is 32.2. The van der Waals surface area contributed by atoms with Crippen LogP contribution in [0.1, 0.15) is 25.5 Å². The molecule has 1 aromatic heterocycles. The predicted molar refractivity (Wildman–Crippen MR) is 85.9 cm³/mol. The SMILES string of the molecule is COc1ccc([C@@H](C)NS(=O)(=O)c2nnc(NC(C)=O)s2)cc1. The summed E-state index contributed by atoms with van der Waals surface area (Å²) in [4.78, 5) is 10.9. The number of amides is 1. The van der Waals surface area contributed by atoms with Gasteiger partial charge in [-0.2, -0.15) is 0 Å². The molecule has 0 saturated heterocycles. The van der Waals surface area contributed by atoms with Crippen LogP contribution < -0.4 is 14.8 Å². The maximum absolute atomic E-state index is 12.3. The van der Waals surface area contributed by atoms with Crippen LogP contribution in [0.15, 0.2) is 28.6 Å². The monoisotopic (exact) mass is 356 g/mol. The Kier molecular flexibility index (Phi) is 5.29. The van der Waals surface area contributed by atoms with Gasteiger partial charge >= 0.3 is 0 Å². The Balaban J connectivity index is 2.13. The zero-order valence-electron chi connectivity index (χ0n) is 12.7. The summed E-state index contributed by atoms with van der Waals surface area (Å²) in [6, 6.07) is 6.59. The van der Waals surface area contributed by atoms with E-state index in [9.17, 15) is 13.2 Å². The first-order valence-electron chi connectivity index (χ1n) is 6.59. The maximum Gasteiger partial charge on any atom is 0.270 e. The average Bonchev–Trinajstić information content (AvgIpc) is 2.95. The Hall–Kier alpha value is -2.04. The number of ether oxygens (including phenoxy) is 1. The molecule has 2 aromatic rings. The Labute approximate surface area is 137 Å². The minimum Gasteiger partial charge on any atom is -0.497 e. The van der Waals surface area contributed by atoms with Crippen molar-refractivity contribution in [1.29, 1.82) is 0 Å². The molecule has 0 aliphatic carbocycles. The molecule has 0 unspecified atom stereocenters. The normalized spacial score (nSPS) is 12.7. The fraction of sp³-hybridized carbons (Fsp3) is 0.308. The van der Waals surface area contributed by atoms with Gasteiger partial charge in [0.25, 0.3) is 10.0 Å². The zero-order valence-corrected chi connectivity index (χ0v) is 14.4. The topological polar surface area (TPSA) is 110 Å². The molecule has 0 aliphatic rings. The highest BCUT2D eigenvalue weighted by Gasteiger charge is 2.23. The van der Waals surface area contributed by atoms with Gasteiger partial charge in [0.1, 0.15) is 5.75 Å². The Morgan fingerprint density at radius 3 is 2.48 bits per heavy atom. The van der Waals surface area contributed by atoms with Crippen LogP contribution in [0, 0.1) is 0 Å². The molecule has 0 saturated carbocycles. The molecule has 2 rings (SSSR count). The highest BCUT2D eigenvalue weighted by Crippen LogP contribution is 2.23. The van der Waals surface area contributed by atoms with E-state index < -0.39 is 16.1 Å². The van der Waals surface area contributed by atoms with Gasteiger partial charge in [-0.3, -0.25) is 4.79 Å². The molecule has 1 heterocycles. The lowest BCUT2D eigenvalue weighted by atomic mass is 10.1. The van der Waals surface area contributed by atoms with Crippen LogP contribution in [0.5, 0.6) is 5.75 Å². The first-order chi connectivity index (χ1) is 10.8. The summed E-state index contributed by atoms with van der Waals surface area (Å²) in [5.74, 6) is 0.345. The van der Waals surface area contributed by atoms with Gasteiger partial charge in [0.2, 0.25) is 15.4 Å². The van der Waals surface area contributed by atoms with Crippen molar-refractivity contribution in [1.82, 2.24) is 14.9 Å². The molecule has 0 aliphatic heterocycles. The second kappa shape index (κ2) is 7.02. The van der Waals surface area contributed by atoms with Crippen molar-refractivity contribution in [2.75, 3.05) is 12.4 Å². The van der Waals surface area contributed by atoms with E-state index in [0.29, 0.717) is 5.75 Å². The second-order valence-corrected chi connectivity index (χ2v) is 7.54. The van der Waals surface area contributed by atoms with Crippen LogP contribution >= 0.6 is 11.3 Å². The van der Waals surface area contributed by atoms with Gasteiger partial charge < -0.3 is 10.1 Å². The summed E-state index contributed by atoms with van der Waals surface area (Å²) in [6.45, 7) is 3.02. The summed E-state index contributed by atoms with van der Waals surface area (Å²) in [7, 11) is -2.27. The van der Waals surface area contributed by atoms with Gasteiger partial charge in [0, 0.05) is 13.0 Å². The molecule has 23 heavy (non-hydrogen) atoms. The number of carbonyl (C=O) groups excluding carboxylic acids is 1. The average molecular weight is 356 g/mol. The van der Waals surface area contributed by atoms with Crippen molar-refractivity contribution in [2.45, 2.75) is 24.2 Å². The van der Waals surface area contributed by atoms with E-state index in [0.717, 1.165) is 16.9 Å². The van der Waals surface area contributed by atoms with Gasteiger partial charge in [0.05, 0.1) is 7.11 Å². The molecule has 124 valence electrons. The molecular formula is C13H16N4O4S2. The molecule has 8 nitrogen and oxygen atoms in total. The third-order valence-electron chi connectivity index (χ3n) is 2.87. The molecule has 10 heteroatoms. The number of aromatic nitrogens is 2. The minimum absolute atomic E-state index is 0.134. The molecule has 2 N–H and O–H groups in total. The van der Waals surface area contributed by atoms with E-state index in [4.69, 9.17) is 4.74 Å². The molecule has 1 atom stereocenters. The number of nitrogens with one attached hydrogen (secondary N) is 2. The number of rotatable bonds is 6. The van der Waals surface area contributed by atoms with Crippen molar-refractivity contribution in [3.8, 4) is 5.75 Å². The summed E-state index contributed by atoms with van der Waals surface area (Å²) in [5, 5.41) is 9.75. The van der Waals surface area contributed by atoms with Crippen LogP contribution in [-0.2, 0) is 14.8 Å². The number of hydrogen-bond donors (Lipinski definition) is 2. The molecule has 0 bridgehead atoms. The lowest BCUT2D eigenvalue weighted by Crippen LogP contribution is -2.26. The number of carbonyl (C=O) groups is 1. The van der Waals surface area contributed by atoms with Crippen LogP contribution in [0.3, 0.4) is 0 Å². The van der Waals surface area contributed by atoms with Crippen molar-refractivity contribution in [3.63, 3.8) is 0 Å². The van der Waals surface area contributed by atoms with Gasteiger partial charge in [-0.15, -0.1) is 10.2 Å². The Morgan fingerprint density at radius 2 is 1.91 bits per heavy atom. The number of methoxy groups -OCH3 is 1. The number of sulfonamides is 1. The van der Waals surface area contributed by atoms with E-state index in [2.05, 4.69) is 20.2 Å². The number of hydrogen-bond acceptors (Lipinski definition) is 7. The number of anilines is 1. The van der Waals surface area contributed by atoms with E-state index in [1.54, 1.807) is 38.3 Å². The number of benzene rings is 1. The Bertz CT molecular complexity index is 787. The molecule has 0 spiro atoms. The van der Waals surface area contributed by atoms with Gasteiger partial charge in [0.15, 0.2) is 0 Å². The van der Waals surface area contributed by atoms with E-state index in [1.165, 1.54) is 6.92 Å². The van der Waals surface area contributed by atoms with Crippen molar-refractivity contribution >= 4 is 32.4 Å². The first-order valence-corrected chi connectivity index (χ1v) is 8.89. The van der Waals surface area contributed by atoms with Crippen LogP contribution in [0.4, 0.5) is 5.13 Å². The van der Waals surface area contributed by atoms with E-state index >= 15 is 0 Å².